The summed E-state index contributed by atoms with van der Waals surface area (Å²) >= 11 is 0. The third kappa shape index (κ3) is 4.87. The minimum atomic E-state index is -1.97. The average Bonchev–Trinajstić information content (AvgIpc) is 3.19. The lowest BCUT2D eigenvalue weighted by atomic mass is 9.92. The summed E-state index contributed by atoms with van der Waals surface area (Å²) in [6.45, 7) is 15.6. The van der Waals surface area contributed by atoms with Gasteiger partial charge in [0.15, 0.2) is 8.32 Å². The van der Waals surface area contributed by atoms with Gasteiger partial charge in [0, 0.05) is 48.1 Å². The zero-order valence-electron chi connectivity index (χ0n) is 21.0. The van der Waals surface area contributed by atoms with Gasteiger partial charge in [-0.15, -0.1) is 0 Å². The topological polar surface area (TPSA) is 43.7 Å². The quantitative estimate of drug-likeness (QED) is 0.488. The maximum Gasteiger partial charge on any atom is 0.246 e. The number of likely N-dealkylation sites (tertiary alicyclic amines) is 1. The van der Waals surface area contributed by atoms with Gasteiger partial charge in [-0.1, -0.05) is 20.8 Å². The molecule has 1 aromatic carbocycles. The summed E-state index contributed by atoms with van der Waals surface area (Å²) in [4.78, 5) is 15.3. The molecule has 1 amide bonds. The first-order valence-electron chi connectivity index (χ1n) is 11.4. The van der Waals surface area contributed by atoms with E-state index in [2.05, 4.69) is 33.9 Å². The monoisotopic (exact) mass is 478 g/mol. The lowest BCUT2D eigenvalue weighted by molar-refractivity contribution is -0.130. The van der Waals surface area contributed by atoms with E-state index in [1.807, 2.05) is 30.5 Å². The fourth-order valence-electron chi connectivity index (χ4n) is 4.31. The average molecular weight is 479 g/mol. The SMILES string of the molecule is COc1cc(F)c([C@@H]2CN(CCO[Si](C)(C)C(C)(C)C)C(=O)[C@H]2n2c(C)ccc2C)c(F)c1. The molecule has 1 aliphatic heterocycles. The van der Waals surface area contributed by atoms with Crippen molar-refractivity contribution in [2.75, 3.05) is 26.8 Å². The van der Waals surface area contributed by atoms with Crippen molar-refractivity contribution >= 4 is 14.2 Å². The van der Waals surface area contributed by atoms with E-state index in [4.69, 9.17) is 9.16 Å². The largest absolute Gasteiger partial charge is 0.497 e. The van der Waals surface area contributed by atoms with E-state index in [9.17, 15) is 4.79 Å². The molecule has 0 saturated carbocycles. The van der Waals surface area contributed by atoms with Crippen molar-refractivity contribution in [1.29, 1.82) is 0 Å². The molecule has 1 aromatic heterocycles. The molecule has 0 aliphatic carbocycles. The summed E-state index contributed by atoms with van der Waals surface area (Å²) < 4.78 is 43.3. The number of carbonyl (C=O) groups excluding carboxylic acids is 1. The molecule has 33 heavy (non-hydrogen) atoms. The van der Waals surface area contributed by atoms with Crippen LogP contribution in [0.15, 0.2) is 24.3 Å². The van der Waals surface area contributed by atoms with Crippen LogP contribution in [0, 0.1) is 25.5 Å². The smallest absolute Gasteiger partial charge is 0.246 e. The molecule has 5 nitrogen and oxygen atoms in total. The fraction of sp³-hybridized carbons (Fsp3) is 0.560. The molecule has 1 aliphatic rings. The van der Waals surface area contributed by atoms with Crippen molar-refractivity contribution in [3.05, 3.63) is 52.9 Å². The Morgan fingerprint density at radius 3 is 2.12 bits per heavy atom. The van der Waals surface area contributed by atoms with Crippen molar-refractivity contribution < 1.29 is 22.7 Å². The summed E-state index contributed by atoms with van der Waals surface area (Å²) in [5.41, 5.74) is 1.68. The highest BCUT2D eigenvalue weighted by Gasteiger charge is 2.45. The molecule has 2 atom stereocenters. The highest BCUT2D eigenvalue weighted by Crippen LogP contribution is 2.42. The van der Waals surface area contributed by atoms with Crippen LogP contribution in [-0.2, 0) is 9.22 Å². The summed E-state index contributed by atoms with van der Waals surface area (Å²) in [5.74, 6) is -2.09. The number of aromatic nitrogens is 1. The van der Waals surface area contributed by atoms with Gasteiger partial charge >= 0.3 is 0 Å². The summed E-state index contributed by atoms with van der Waals surface area (Å²) in [5, 5.41) is 0.0573. The normalized spacial score (nSPS) is 19.5. The molecule has 8 heteroatoms. The number of aryl methyl sites for hydroxylation is 2. The predicted octanol–water partition coefficient (Wildman–Crippen LogP) is 5.58. The molecule has 2 heterocycles. The van der Waals surface area contributed by atoms with Crippen LogP contribution in [0.3, 0.4) is 0 Å². The van der Waals surface area contributed by atoms with Crippen molar-refractivity contribution in [3.63, 3.8) is 0 Å². The molecule has 3 rings (SSSR count). The molecule has 1 fully saturated rings. The van der Waals surface area contributed by atoms with E-state index in [0.717, 1.165) is 11.4 Å². The van der Waals surface area contributed by atoms with Crippen LogP contribution in [0.1, 0.15) is 49.7 Å². The number of carbonyl (C=O) groups is 1. The van der Waals surface area contributed by atoms with E-state index in [0.29, 0.717) is 13.2 Å². The minimum Gasteiger partial charge on any atom is -0.497 e. The van der Waals surface area contributed by atoms with E-state index in [1.165, 1.54) is 19.2 Å². The Hall–Kier alpha value is -2.19. The number of hydrogen-bond acceptors (Lipinski definition) is 3. The molecule has 0 spiro atoms. The Labute approximate surface area is 196 Å². The van der Waals surface area contributed by atoms with Gasteiger partial charge in [-0.25, -0.2) is 8.78 Å². The van der Waals surface area contributed by atoms with E-state index < -0.39 is 31.9 Å². The number of benzene rings is 1. The third-order valence-corrected chi connectivity index (χ3v) is 11.8. The molecule has 0 radical (unpaired) electrons. The minimum absolute atomic E-state index is 0.0573. The number of rotatable bonds is 7. The first-order valence-corrected chi connectivity index (χ1v) is 14.3. The van der Waals surface area contributed by atoms with Gasteiger partial charge in [-0.05, 0) is 44.1 Å². The predicted molar refractivity (Wildman–Crippen MR) is 128 cm³/mol. The molecule has 1 saturated heterocycles. The maximum atomic E-state index is 15.1. The molecule has 0 bridgehead atoms. The van der Waals surface area contributed by atoms with Gasteiger partial charge in [0.2, 0.25) is 5.91 Å². The van der Waals surface area contributed by atoms with Gasteiger partial charge in [-0.3, -0.25) is 4.79 Å². The van der Waals surface area contributed by atoms with Crippen LogP contribution < -0.4 is 4.74 Å². The zero-order chi connectivity index (χ0) is 24.7. The maximum absolute atomic E-state index is 15.1. The first kappa shape index (κ1) is 25.4. The zero-order valence-corrected chi connectivity index (χ0v) is 22.0. The number of methoxy groups -OCH3 is 1. The second-order valence-corrected chi connectivity index (χ2v) is 15.2. The lowest BCUT2D eigenvalue weighted by Gasteiger charge is -2.36. The van der Waals surface area contributed by atoms with Gasteiger partial charge in [0.25, 0.3) is 0 Å². The highest BCUT2D eigenvalue weighted by molar-refractivity contribution is 6.74. The second-order valence-electron chi connectivity index (χ2n) is 10.4. The van der Waals surface area contributed by atoms with Crippen molar-refractivity contribution in [2.45, 2.75) is 64.7 Å². The third-order valence-electron chi connectivity index (χ3n) is 7.26. The fourth-order valence-corrected chi connectivity index (χ4v) is 5.34. The van der Waals surface area contributed by atoms with Gasteiger partial charge in [0.05, 0.1) is 13.7 Å². The summed E-state index contributed by atoms with van der Waals surface area (Å²) in [6.07, 6.45) is 0. The molecule has 182 valence electrons. The van der Waals surface area contributed by atoms with Crippen LogP contribution in [-0.4, -0.2) is 50.5 Å². The number of ether oxygens (including phenoxy) is 1. The summed E-state index contributed by atoms with van der Waals surface area (Å²) in [6, 6.07) is 5.48. The molecule has 0 N–H and O–H groups in total. The Bertz CT molecular complexity index is 987. The Morgan fingerprint density at radius 2 is 1.64 bits per heavy atom. The lowest BCUT2D eigenvalue weighted by Crippen LogP contribution is -2.43. The molecule has 2 aromatic rings. The Morgan fingerprint density at radius 1 is 1.09 bits per heavy atom. The molecular formula is C25H36F2N2O3Si. The van der Waals surface area contributed by atoms with Crippen LogP contribution in [0.4, 0.5) is 8.78 Å². The van der Waals surface area contributed by atoms with Crippen molar-refractivity contribution in [1.82, 2.24) is 9.47 Å². The first-order chi connectivity index (χ1) is 15.3. The van der Waals surface area contributed by atoms with Crippen molar-refractivity contribution in [3.8, 4) is 5.75 Å². The molecule has 0 unspecified atom stereocenters. The Balaban J connectivity index is 1.94. The van der Waals surface area contributed by atoms with Crippen molar-refractivity contribution in [2.24, 2.45) is 0 Å². The number of amides is 1. The highest BCUT2D eigenvalue weighted by atomic mass is 28.4. The van der Waals surface area contributed by atoms with Gasteiger partial charge < -0.3 is 18.6 Å². The molecular weight excluding hydrogens is 442 g/mol. The van der Waals surface area contributed by atoms with Crippen LogP contribution >= 0.6 is 0 Å². The number of nitrogens with zero attached hydrogens (tertiary/aromatic N) is 2. The Kier molecular flexibility index (Phi) is 7.10. The van der Waals surface area contributed by atoms with Crippen LogP contribution in [0.25, 0.3) is 0 Å². The second kappa shape index (κ2) is 9.22. The van der Waals surface area contributed by atoms with Crippen LogP contribution in [0.2, 0.25) is 18.1 Å². The summed E-state index contributed by atoms with van der Waals surface area (Å²) in [7, 11) is -0.606. The van der Waals surface area contributed by atoms with E-state index in [1.54, 1.807) is 4.90 Å². The van der Waals surface area contributed by atoms with Gasteiger partial charge in [-0.2, -0.15) is 0 Å². The van der Waals surface area contributed by atoms with E-state index >= 15 is 8.78 Å². The van der Waals surface area contributed by atoms with Crippen LogP contribution in [0.5, 0.6) is 5.75 Å². The standard InChI is InChI=1S/C25H36F2N2O3Si/c1-16-9-10-17(2)29(16)23-19(22-20(26)13-18(31-6)14-21(22)27)15-28(24(23)30)11-12-32-33(7,8)25(3,4)5/h9-10,13-14,19,23H,11-12,15H2,1-8H3/t19-,23-/m0/s1. The van der Waals surface area contributed by atoms with Gasteiger partial charge in [0.1, 0.15) is 23.4 Å². The van der Waals surface area contributed by atoms with E-state index in [-0.39, 0.29) is 28.8 Å². The number of halogens is 2. The number of hydrogen-bond donors (Lipinski definition) is 0.